The first-order valence-electron chi connectivity index (χ1n) is 7.52. The maximum Gasteiger partial charge on any atom is 0.328 e. The molecule has 1 aliphatic heterocycles. The molecule has 7 nitrogen and oxygen atoms in total. The van der Waals surface area contributed by atoms with Gasteiger partial charge in [0.15, 0.2) is 0 Å². The van der Waals surface area contributed by atoms with Gasteiger partial charge in [0.25, 0.3) is 5.56 Å². The van der Waals surface area contributed by atoms with E-state index in [1.54, 1.807) is 0 Å². The van der Waals surface area contributed by atoms with Gasteiger partial charge in [-0.2, -0.15) is 0 Å². The molecule has 1 saturated heterocycles. The van der Waals surface area contributed by atoms with E-state index in [0.717, 1.165) is 32.4 Å². The summed E-state index contributed by atoms with van der Waals surface area (Å²) in [6.07, 6.45) is 4.09. The highest BCUT2D eigenvalue weighted by molar-refractivity contribution is 9.10. The SMILES string of the molecule is CCCN(C(=O)Cn1cc(Br)c(=O)[nH]c1=O)C1CCNCC1.Cl. The summed E-state index contributed by atoms with van der Waals surface area (Å²) in [5.41, 5.74) is -1.05. The van der Waals surface area contributed by atoms with E-state index in [9.17, 15) is 14.4 Å². The van der Waals surface area contributed by atoms with Crippen molar-refractivity contribution in [2.45, 2.75) is 38.8 Å². The third-order valence-electron chi connectivity index (χ3n) is 3.81. The molecule has 0 spiro atoms. The first-order chi connectivity index (χ1) is 10.5. The van der Waals surface area contributed by atoms with Gasteiger partial charge in [0, 0.05) is 18.8 Å². The zero-order chi connectivity index (χ0) is 16.1. The van der Waals surface area contributed by atoms with Gasteiger partial charge < -0.3 is 10.2 Å². The number of H-pyrrole nitrogens is 1. The summed E-state index contributed by atoms with van der Waals surface area (Å²) in [7, 11) is 0. The molecule has 9 heteroatoms. The van der Waals surface area contributed by atoms with Crippen LogP contribution in [0.4, 0.5) is 0 Å². The predicted molar refractivity (Wildman–Crippen MR) is 94.2 cm³/mol. The number of amides is 1. The quantitative estimate of drug-likeness (QED) is 0.750. The highest BCUT2D eigenvalue weighted by atomic mass is 79.9. The monoisotopic (exact) mass is 408 g/mol. The Labute approximate surface area is 149 Å². The van der Waals surface area contributed by atoms with Crippen molar-refractivity contribution in [1.29, 1.82) is 0 Å². The smallest absolute Gasteiger partial charge is 0.328 e. The molecule has 1 aromatic heterocycles. The summed E-state index contributed by atoms with van der Waals surface area (Å²) in [6.45, 7) is 4.47. The zero-order valence-electron chi connectivity index (χ0n) is 13.0. The Morgan fingerprint density at radius 3 is 2.65 bits per heavy atom. The number of hydrogen-bond donors (Lipinski definition) is 2. The lowest BCUT2D eigenvalue weighted by molar-refractivity contribution is -0.134. The van der Waals surface area contributed by atoms with Gasteiger partial charge in [-0.3, -0.25) is 19.1 Å². The van der Waals surface area contributed by atoms with Gasteiger partial charge in [-0.15, -0.1) is 12.4 Å². The van der Waals surface area contributed by atoms with Crippen molar-refractivity contribution in [3.63, 3.8) is 0 Å². The fourth-order valence-electron chi connectivity index (χ4n) is 2.71. The first-order valence-corrected chi connectivity index (χ1v) is 8.31. The summed E-state index contributed by atoms with van der Waals surface area (Å²) in [5, 5.41) is 3.28. The van der Waals surface area contributed by atoms with Crippen LogP contribution in [-0.2, 0) is 11.3 Å². The molecule has 2 N–H and O–H groups in total. The van der Waals surface area contributed by atoms with Crippen LogP contribution >= 0.6 is 28.3 Å². The van der Waals surface area contributed by atoms with Crippen LogP contribution in [0.25, 0.3) is 0 Å². The number of nitrogens with zero attached hydrogens (tertiary/aromatic N) is 2. The molecule has 0 radical (unpaired) electrons. The minimum Gasteiger partial charge on any atom is -0.338 e. The van der Waals surface area contributed by atoms with Crippen molar-refractivity contribution in [2.24, 2.45) is 0 Å². The number of piperidine rings is 1. The van der Waals surface area contributed by atoms with E-state index < -0.39 is 11.2 Å². The number of carbonyl (C=O) groups excluding carboxylic acids is 1. The third kappa shape index (κ3) is 5.19. The predicted octanol–water partition coefficient (Wildman–Crippen LogP) is 0.711. The molecule has 2 rings (SSSR count). The lowest BCUT2D eigenvalue weighted by Gasteiger charge is -2.34. The minimum absolute atomic E-state index is 0. The fraction of sp³-hybridized carbons (Fsp3) is 0.643. The minimum atomic E-state index is -0.566. The lowest BCUT2D eigenvalue weighted by Crippen LogP contribution is -2.48. The molecule has 1 aliphatic rings. The van der Waals surface area contributed by atoms with Crippen molar-refractivity contribution in [2.75, 3.05) is 19.6 Å². The molecule has 0 bridgehead atoms. The average Bonchev–Trinajstić information content (AvgIpc) is 2.51. The molecule has 2 heterocycles. The van der Waals surface area contributed by atoms with Gasteiger partial charge in [0.1, 0.15) is 6.54 Å². The van der Waals surface area contributed by atoms with Crippen molar-refractivity contribution >= 4 is 34.2 Å². The summed E-state index contributed by atoms with van der Waals surface area (Å²) >= 11 is 3.08. The molecule has 0 unspecified atom stereocenters. The summed E-state index contributed by atoms with van der Waals surface area (Å²) in [4.78, 5) is 39.8. The lowest BCUT2D eigenvalue weighted by atomic mass is 10.0. The van der Waals surface area contributed by atoms with Crippen molar-refractivity contribution in [3.8, 4) is 0 Å². The van der Waals surface area contributed by atoms with Crippen LogP contribution < -0.4 is 16.6 Å². The van der Waals surface area contributed by atoms with Crippen molar-refractivity contribution < 1.29 is 4.79 Å². The van der Waals surface area contributed by atoms with Crippen LogP contribution in [0.3, 0.4) is 0 Å². The molecule has 1 amide bonds. The number of halogens is 2. The normalized spacial score (nSPS) is 15.0. The van der Waals surface area contributed by atoms with E-state index in [1.807, 2.05) is 11.8 Å². The number of rotatable bonds is 5. The first kappa shape index (κ1) is 19.9. The van der Waals surface area contributed by atoms with E-state index in [0.29, 0.717) is 6.54 Å². The van der Waals surface area contributed by atoms with Crippen molar-refractivity contribution in [3.05, 3.63) is 31.5 Å². The number of nitrogens with one attached hydrogen (secondary N) is 2. The Kier molecular flexibility index (Phi) is 8.01. The van der Waals surface area contributed by atoms with Gasteiger partial charge in [0.2, 0.25) is 5.91 Å². The van der Waals surface area contributed by atoms with E-state index in [1.165, 1.54) is 10.8 Å². The maximum absolute atomic E-state index is 12.6. The van der Waals surface area contributed by atoms with Crippen LogP contribution in [0.2, 0.25) is 0 Å². The molecule has 0 atom stereocenters. The standard InChI is InChI=1S/C14H21BrN4O3.ClH/c1-2-7-19(10-3-5-16-6-4-10)12(20)9-18-8-11(15)13(21)17-14(18)22;/h8,10,16H,2-7,9H2,1H3,(H,17,21,22);1H. The molecule has 23 heavy (non-hydrogen) atoms. The van der Waals surface area contributed by atoms with Gasteiger partial charge in [0.05, 0.1) is 4.47 Å². The van der Waals surface area contributed by atoms with E-state index in [-0.39, 0.29) is 35.4 Å². The Morgan fingerprint density at radius 2 is 2.04 bits per heavy atom. The second-order valence-corrected chi connectivity index (χ2v) is 6.29. The maximum atomic E-state index is 12.6. The molecule has 0 aromatic carbocycles. The van der Waals surface area contributed by atoms with Crippen LogP contribution in [0.1, 0.15) is 26.2 Å². The second-order valence-electron chi connectivity index (χ2n) is 5.43. The second kappa shape index (κ2) is 9.24. The van der Waals surface area contributed by atoms with Crippen LogP contribution in [0, 0.1) is 0 Å². The van der Waals surface area contributed by atoms with E-state index in [4.69, 9.17) is 0 Å². The Balaban J connectivity index is 0.00000264. The Morgan fingerprint density at radius 1 is 1.39 bits per heavy atom. The third-order valence-corrected chi connectivity index (χ3v) is 4.37. The van der Waals surface area contributed by atoms with Gasteiger partial charge >= 0.3 is 5.69 Å². The van der Waals surface area contributed by atoms with E-state index >= 15 is 0 Å². The average molecular weight is 410 g/mol. The number of aromatic amines is 1. The van der Waals surface area contributed by atoms with E-state index in [2.05, 4.69) is 26.2 Å². The number of aromatic nitrogens is 2. The molecule has 0 saturated carbocycles. The fourth-order valence-corrected chi connectivity index (χ4v) is 3.05. The zero-order valence-corrected chi connectivity index (χ0v) is 15.4. The molecule has 1 fully saturated rings. The molecule has 130 valence electrons. The molecular weight excluding hydrogens is 388 g/mol. The van der Waals surface area contributed by atoms with Gasteiger partial charge in [-0.05, 0) is 48.3 Å². The van der Waals surface area contributed by atoms with Crippen LogP contribution in [0.5, 0.6) is 0 Å². The molecular formula is C14H22BrClN4O3. The van der Waals surface area contributed by atoms with Crippen LogP contribution in [0.15, 0.2) is 20.3 Å². The number of hydrogen-bond acceptors (Lipinski definition) is 4. The summed E-state index contributed by atoms with van der Waals surface area (Å²) < 4.78 is 1.47. The van der Waals surface area contributed by atoms with Crippen LogP contribution in [-0.4, -0.2) is 46.0 Å². The largest absolute Gasteiger partial charge is 0.338 e. The molecule has 1 aromatic rings. The Hall–Kier alpha value is -1.12. The Bertz CT molecular complexity index is 640. The highest BCUT2D eigenvalue weighted by Gasteiger charge is 2.25. The summed E-state index contributed by atoms with van der Waals surface area (Å²) in [6, 6.07) is 0.218. The summed E-state index contributed by atoms with van der Waals surface area (Å²) in [5.74, 6) is -0.0881. The van der Waals surface area contributed by atoms with Crippen molar-refractivity contribution in [1.82, 2.24) is 19.8 Å². The topological polar surface area (TPSA) is 87.2 Å². The van der Waals surface area contributed by atoms with Gasteiger partial charge in [-0.1, -0.05) is 6.92 Å². The number of carbonyl (C=O) groups is 1. The van der Waals surface area contributed by atoms with Gasteiger partial charge in [-0.25, -0.2) is 4.79 Å². The highest BCUT2D eigenvalue weighted by Crippen LogP contribution is 2.13. The molecule has 0 aliphatic carbocycles.